The second-order valence-corrected chi connectivity index (χ2v) is 9.69. The lowest BCUT2D eigenvalue weighted by molar-refractivity contribution is 0.340. The molecule has 0 saturated carbocycles. The molecule has 0 saturated heterocycles. The number of aromatic nitrogens is 1. The fourth-order valence-corrected chi connectivity index (χ4v) is 4.63. The average Bonchev–Trinajstić information content (AvgIpc) is 3.25. The van der Waals surface area contributed by atoms with Crippen LogP contribution in [-0.4, -0.2) is 20.0 Å². The number of oxazole rings is 1. The molecule has 1 aromatic heterocycles. The Morgan fingerprint density at radius 3 is 2.31 bits per heavy atom. The predicted molar refractivity (Wildman–Crippen MR) is 126 cm³/mol. The highest BCUT2D eigenvalue weighted by molar-refractivity contribution is 9.10. The first-order chi connectivity index (χ1) is 15.5. The number of ether oxygens (including phenoxy) is 1. The molecule has 4 aromatic rings. The third-order valence-corrected chi connectivity index (χ3v) is 6.89. The third kappa shape index (κ3) is 4.87. The van der Waals surface area contributed by atoms with Crippen molar-refractivity contribution in [2.45, 2.75) is 23.4 Å². The van der Waals surface area contributed by atoms with E-state index in [2.05, 4.69) is 26.2 Å². The summed E-state index contributed by atoms with van der Waals surface area (Å²) < 4.78 is 39.1. The zero-order valence-electron chi connectivity index (χ0n) is 17.3. The van der Waals surface area contributed by atoms with Crippen molar-refractivity contribution < 1.29 is 17.6 Å². The summed E-state index contributed by atoms with van der Waals surface area (Å²) in [5, 5.41) is 2.94. The summed E-state index contributed by atoms with van der Waals surface area (Å²) in [6, 6.07) is 23.2. The number of hydrogen-bond donors (Lipinski definition) is 1. The van der Waals surface area contributed by atoms with E-state index in [9.17, 15) is 8.42 Å². The molecule has 3 aromatic carbocycles. The molecule has 0 aliphatic heterocycles. The Balaban J connectivity index is 1.73. The van der Waals surface area contributed by atoms with E-state index in [1.807, 2.05) is 61.5 Å². The van der Waals surface area contributed by atoms with Crippen LogP contribution in [0.5, 0.6) is 5.75 Å². The topological polar surface area (TPSA) is 81.4 Å². The zero-order chi connectivity index (χ0) is 22.6. The first-order valence-electron chi connectivity index (χ1n) is 10.00. The third-order valence-electron chi connectivity index (χ3n) is 4.68. The van der Waals surface area contributed by atoms with Gasteiger partial charge in [0.15, 0.2) is 0 Å². The average molecular weight is 513 g/mol. The molecular weight excluding hydrogens is 492 g/mol. The van der Waals surface area contributed by atoms with Crippen LogP contribution < -0.4 is 10.1 Å². The van der Waals surface area contributed by atoms with Crippen molar-refractivity contribution in [2.75, 3.05) is 11.9 Å². The van der Waals surface area contributed by atoms with Crippen LogP contribution in [0.4, 0.5) is 5.88 Å². The van der Waals surface area contributed by atoms with E-state index < -0.39 is 9.84 Å². The Labute approximate surface area is 195 Å². The van der Waals surface area contributed by atoms with Crippen molar-refractivity contribution in [1.29, 1.82) is 0 Å². The van der Waals surface area contributed by atoms with E-state index in [0.29, 0.717) is 24.5 Å². The molecule has 8 heteroatoms. The maximum atomic E-state index is 13.4. The van der Waals surface area contributed by atoms with Crippen molar-refractivity contribution in [3.63, 3.8) is 0 Å². The summed E-state index contributed by atoms with van der Waals surface area (Å²) in [6.07, 6.45) is 0. The van der Waals surface area contributed by atoms with Crippen LogP contribution in [0.3, 0.4) is 0 Å². The summed E-state index contributed by atoms with van der Waals surface area (Å²) in [4.78, 5) is 4.48. The van der Waals surface area contributed by atoms with Crippen molar-refractivity contribution >= 4 is 31.7 Å². The van der Waals surface area contributed by atoms with Gasteiger partial charge >= 0.3 is 0 Å². The highest BCUT2D eigenvalue weighted by Gasteiger charge is 2.28. The maximum Gasteiger partial charge on any atom is 0.234 e. The van der Waals surface area contributed by atoms with Gasteiger partial charge in [0.25, 0.3) is 0 Å². The fourth-order valence-electron chi connectivity index (χ4n) is 3.09. The number of halogens is 1. The van der Waals surface area contributed by atoms with Gasteiger partial charge in [-0.15, -0.1) is 0 Å². The molecule has 6 nitrogen and oxygen atoms in total. The van der Waals surface area contributed by atoms with E-state index >= 15 is 0 Å². The quantitative estimate of drug-likeness (QED) is 0.314. The maximum absolute atomic E-state index is 13.4. The van der Waals surface area contributed by atoms with Gasteiger partial charge in [0.05, 0.1) is 11.5 Å². The largest absolute Gasteiger partial charge is 0.494 e. The summed E-state index contributed by atoms with van der Waals surface area (Å²) in [6.45, 7) is 2.76. The molecule has 0 bridgehead atoms. The van der Waals surface area contributed by atoms with E-state index in [1.165, 1.54) is 12.1 Å². The van der Waals surface area contributed by atoms with Gasteiger partial charge in [0.2, 0.25) is 26.6 Å². The molecule has 1 heterocycles. The summed E-state index contributed by atoms with van der Waals surface area (Å²) in [5.74, 6) is 0.919. The standard InChI is InChI=1S/C24H21BrN2O4S/c1-2-30-20-12-14-21(15-13-20)32(28,29)24-23(26-16-17-6-4-3-5-7-17)31-22(27-24)18-8-10-19(25)11-9-18/h3-15,26H,2,16H2,1H3. The second-order valence-electron chi connectivity index (χ2n) is 6.91. The number of sulfone groups is 1. The summed E-state index contributed by atoms with van der Waals surface area (Å²) in [7, 11) is -3.93. The number of nitrogens with zero attached hydrogens (tertiary/aromatic N) is 1. The lowest BCUT2D eigenvalue weighted by Gasteiger charge is -2.07. The van der Waals surface area contributed by atoms with Crippen molar-refractivity contribution in [3.8, 4) is 17.2 Å². The number of nitrogens with one attached hydrogen (secondary N) is 1. The number of hydrogen-bond acceptors (Lipinski definition) is 6. The SMILES string of the molecule is CCOc1ccc(S(=O)(=O)c2nc(-c3ccc(Br)cc3)oc2NCc2ccccc2)cc1. The van der Waals surface area contributed by atoms with Crippen LogP contribution in [-0.2, 0) is 16.4 Å². The second kappa shape index (κ2) is 9.58. The van der Waals surface area contributed by atoms with Gasteiger partial charge in [-0.3, -0.25) is 0 Å². The van der Waals surface area contributed by atoms with Gasteiger partial charge in [0.1, 0.15) is 5.75 Å². The van der Waals surface area contributed by atoms with Crippen molar-refractivity contribution in [2.24, 2.45) is 0 Å². The number of anilines is 1. The summed E-state index contributed by atoms with van der Waals surface area (Å²) in [5.41, 5.74) is 1.66. The fraction of sp³-hybridized carbons (Fsp3) is 0.125. The normalized spacial score (nSPS) is 11.3. The van der Waals surface area contributed by atoms with E-state index in [-0.39, 0.29) is 21.7 Å². The van der Waals surface area contributed by atoms with Crippen molar-refractivity contribution in [1.82, 2.24) is 4.98 Å². The molecule has 0 aliphatic rings. The van der Waals surface area contributed by atoms with Crippen LogP contribution in [0.2, 0.25) is 0 Å². The molecule has 0 amide bonds. The minimum atomic E-state index is -3.93. The molecule has 0 aliphatic carbocycles. The van der Waals surface area contributed by atoms with Crippen LogP contribution >= 0.6 is 15.9 Å². The molecule has 0 unspecified atom stereocenters. The van der Waals surface area contributed by atoms with Crippen LogP contribution in [0, 0.1) is 0 Å². The smallest absolute Gasteiger partial charge is 0.234 e. The minimum Gasteiger partial charge on any atom is -0.494 e. The number of rotatable bonds is 8. The molecular formula is C24H21BrN2O4S. The highest BCUT2D eigenvalue weighted by atomic mass is 79.9. The van der Waals surface area contributed by atoms with Gasteiger partial charge < -0.3 is 14.5 Å². The lowest BCUT2D eigenvalue weighted by Crippen LogP contribution is -2.07. The van der Waals surface area contributed by atoms with E-state index in [4.69, 9.17) is 9.15 Å². The van der Waals surface area contributed by atoms with Crippen molar-refractivity contribution in [3.05, 3.63) is 88.9 Å². The Bertz CT molecular complexity index is 1290. The molecule has 0 atom stereocenters. The van der Waals surface area contributed by atoms with Gasteiger partial charge in [-0.2, -0.15) is 4.98 Å². The minimum absolute atomic E-state index is 0.0978. The number of benzene rings is 3. The predicted octanol–water partition coefficient (Wildman–Crippen LogP) is 5.95. The zero-order valence-corrected chi connectivity index (χ0v) is 19.7. The molecule has 0 radical (unpaired) electrons. The first kappa shape index (κ1) is 22.1. The van der Waals surface area contributed by atoms with Gasteiger partial charge in [-0.25, -0.2) is 8.42 Å². The Morgan fingerprint density at radius 2 is 1.66 bits per heavy atom. The Morgan fingerprint density at radius 1 is 0.969 bits per heavy atom. The molecule has 0 fully saturated rings. The Kier molecular flexibility index (Phi) is 6.62. The Hall–Kier alpha value is -3.10. The first-order valence-corrected chi connectivity index (χ1v) is 12.3. The molecule has 4 rings (SSSR count). The monoisotopic (exact) mass is 512 g/mol. The van der Waals surface area contributed by atoms with E-state index in [0.717, 1.165) is 10.0 Å². The lowest BCUT2D eigenvalue weighted by atomic mass is 10.2. The van der Waals surface area contributed by atoms with E-state index in [1.54, 1.807) is 12.1 Å². The van der Waals surface area contributed by atoms with Crippen LogP contribution in [0.15, 0.2) is 97.7 Å². The van der Waals surface area contributed by atoms with Crippen LogP contribution in [0.25, 0.3) is 11.5 Å². The molecule has 0 spiro atoms. The van der Waals surface area contributed by atoms with Gasteiger partial charge in [-0.05, 0) is 61.0 Å². The molecule has 164 valence electrons. The summed E-state index contributed by atoms with van der Waals surface area (Å²) >= 11 is 3.40. The van der Waals surface area contributed by atoms with Gasteiger partial charge in [0, 0.05) is 16.6 Å². The van der Waals surface area contributed by atoms with Crippen LogP contribution in [0.1, 0.15) is 12.5 Å². The highest BCUT2D eigenvalue weighted by Crippen LogP contribution is 2.33. The van der Waals surface area contributed by atoms with Gasteiger partial charge in [-0.1, -0.05) is 46.3 Å². The molecule has 1 N–H and O–H groups in total. The molecule has 32 heavy (non-hydrogen) atoms.